The molecule has 37 heavy (non-hydrogen) atoms. The van der Waals surface area contributed by atoms with Crippen molar-refractivity contribution in [3.05, 3.63) is 89.6 Å². The van der Waals surface area contributed by atoms with Crippen molar-refractivity contribution in [1.29, 1.82) is 0 Å². The van der Waals surface area contributed by atoms with Gasteiger partial charge in [-0.3, -0.25) is 14.5 Å². The zero-order valence-corrected chi connectivity index (χ0v) is 20.6. The number of benzene rings is 2. The van der Waals surface area contributed by atoms with Gasteiger partial charge in [0, 0.05) is 36.4 Å². The summed E-state index contributed by atoms with van der Waals surface area (Å²) in [7, 11) is -4.29. The second-order valence-electron chi connectivity index (χ2n) is 7.64. The predicted molar refractivity (Wildman–Crippen MR) is 135 cm³/mol. The second kappa shape index (κ2) is 11.0. The van der Waals surface area contributed by atoms with Gasteiger partial charge in [0.05, 0.1) is 22.5 Å². The molecule has 4 rings (SSSR count). The minimum absolute atomic E-state index is 0.106. The maximum absolute atomic E-state index is 13.3. The SMILES string of the molecule is O=C(NCCNc1nc(-c2ccccc2)cs1)c1ccc(C(F)(F)F)cc1NS(=O)(=O)c1cccnc1. The maximum Gasteiger partial charge on any atom is 0.416 e. The van der Waals surface area contributed by atoms with E-state index >= 15 is 0 Å². The van der Waals surface area contributed by atoms with E-state index in [0.29, 0.717) is 11.2 Å². The Morgan fingerprint density at radius 2 is 1.78 bits per heavy atom. The minimum Gasteiger partial charge on any atom is -0.360 e. The highest BCUT2D eigenvalue weighted by molar-refractivity contribution is 7.92. The van der Waals surface area contributed by atoms with Crippen LogP contribution in [0.1, 0.15) is 15.9 Å². The number of anilines is 2. The number of carbonyl (C=O) groups is 1. The van der Waals surface area contributed by atoms with Crippen LogP contribution >= 0.6 is 11.3 Å². The molecule has 0 aliphatic rings. The maximum atomic E-state index is 13.3. The number of carbonyl (C=O) groups excluding carboxylic acids is 1. The summed E-state index contributed by atoms with van der Waals surface area (Å²) in [6, 6.07) is 14.4. The third-order valence-electron chi connectivity index (χ3n) is 5.04. The largest absolute Gasteiger partial charge is 0.416 e. The van der Waals surface area contributed by atoms with Crippen molar-refractivity contribution >= 4 is 38.1 Å². The van der Waals surface area contributed by atoms with E-state index in [2.05, 4.69) is 25.3 Å². The Bertz CT molecular complexity index is 1480. The lowest BCUT2D eigenvalue weighted by molar-refractivity contribution is -0.137. The van der Waals surface area contributed by atoms with E-state index in [-0.39, 0.29) is 23.5 Å². The molecule has 3 N–H and O–H groups in total. The number of aromatic nitrogens is 2. The number of nitrogens with one attached hydrogen (secondary N) is 3. The quantitative estimate of drug-likeness (QED) is 0.258. The van der Waals surface area contributed by atoms with Gasteiger partial charge in [0.2, 0.25) is 0 Å². The van der Waals surface area contributed by atoms with Crippen molar-refractivity contribution in [2.75, 3.05) is 23.1 Å². The minimum atomic E-state index is -4.74. The zero-order chi connectivity index (χ0) is 26.5. The van der Waals surface area contributed by atoms with Crippen molar-refractivity contribution in [1.82, 2.24) is 15.3 Å². The summed E-state index contributed by atoms with van der Waals surface area (Å²) in [6.07, 6.45) is -2.34. The van der Waals surface area contributed by atoms with Crippen LogP contribution in [0.2, 0.25) is 0 Å². The molecule has 0 unspecified atom stereocenters. The Kier molecular flexibility index (Phi) is 7.74. The van der Waals surface area contributed by atoms with E-state index in [4.69, 9.17) is 0 Å². The number of thiazole rings is 1. The molecule has 8 nitrogen and oxygen atoms in total. The fraction of sp³-hybridized carbons (Fsp3) is 0.125. The van der Waals surface area contributed by atoms with Gasteiger partial charge >= 0.3 is 6.18 Å². The molecular formula is C24H20F3N5O3S2. The van der Waals surface area contributed by atoms with Gasteiger partial charge in [-0.15, -0.1) is 11.3 Å². The average Bonchev–Trinajstić information content (AvgIpc) is 3.36. The molecule has 0 saturated carbocycles. The third kappa shape index (κ3) is 6.62. The summed E-state index contributed by atoms with van der Waals surface area (Å²) in [4.78, 5) is 20.7. The summed E-state index contributed by atoms with van der Waals surface area (Å²) >= 11 is 1.39. The molecule has 13 heteroatoms. The number of hydrogen-bond donors (Lipinski definition) is 3. The number of pyridine rings is 1. The molecule has 2 heterocycles. The van der Waals surface area contributed by atoms with E-state index in [1.807, 2.05) is 35.7 Å². The molecule has 0 spiro atoms. The van der Waals surface area contributed by atoms with Crippen molar-refractivity contribution in [3.63, 3.8) is 0 Å². The Hall–Kier alpha value is -3.97. The molecular weight excluding hydrogens is 527 g/mol. The Morgan fingerprint density at radius 1 is 1.00 bits per heavy atom. The topological polar surface area (TPSA) is 113 Å². The molecule has 2 aromatic carbocycles. The van der Waals surface area contributed by atoms with E-state index in [1.54, 1.807) is 0 Å². The lowest BCUT2D eigenvalue weighted by atomic mass is 10.1. The van der Waals surface area contributed by atoms with Crippen LogP contribution in [0.25, 0.3) is 11.3 Å². The molecule has 1 amide bonds. The number of hydrogen-bond acceptors (Lipinski definition) is 7. The summed E-state index contributed by atoms with van der Waals surface area (Å²) in [5.74, 6) is -0.747. The summed E-state index contributed by atoms with van der Waals surface area (Å²) in [5.41, 5.74) is -0.110. The van der Waals surface area contributed by atoms with Crippen LogP contribution in [0.5, 0.6) is 0 Å². The van der Waals surface area contributed by atoms with Gasteiger partial charge in [-0.05, 0) is 30.3 Å². The van der Waals surface area contributed by atoms with Gasteiger partial charge in [-0.1, -0.05) is 30.3 Å². The van der Waals surface area contributed by atoms with Crippen LogP contribution in [0.3, 0.4) is 0 Å². The van der Waals surface area contributed by atoms with Crippen LogP contribution in [-0.4, -0.2) is 37.4 Å². The molecule has 192 valence electrons. The van der Waals surface area contributed by atoms with Crippen molar-refractivity contribution in [2.45, 2.75) is 11.1 Å². The highest BCUT2D eigenvalue weighted by atomic mass is 32.2. The summed E-state index contributed by atoms with van der Waals surface area (Å²) < 4.78 is 67.3. The van der Waals surface area contributed by atoms with Crippen LogP contribution in [-0.2, 0) is 16.2 Å². The lowest BCUT2D eigenvalue weighted by Crippen LogP contribution is -2.30. The number of sulfonamides is 1. The van der Waals surface area contributed by atoms with E-state index in [1.165, 1.54) is 29.7 Å². The number of amides is 1. The van der Waals surface area contributed by atoms with Gasteiger partial charge < -0.3 is 10.6 Å². The highest BCUT2D eigenvalue weighted by Crippen LogP contribution is 2.33. The smallest absolute Gasteiger partial charge is 0.360 e. The Morgan fingerprint density at radius 3 is 2.49 bits per heavy atom. The number of alkyl halides is 3. The average molecular weight is 548 g/mol. The molecule has 0 aliphatic carbocycles. The molecule has 0 atom stereocenters. The van der Waals surface area contributed by atoms with E-state index < -0.39 is 33.4 Å². The van der Waals surface area contributed by atoms with Crippen LogP contribution in [0.4, 0.5) is 24.0 Å². The van der Waals surface area contributed by atoms with Gasteiger partial charge in [0.1, 0.15) is 4.90 Å². The Labute approximate surface area is 214 Å². The standard InChI is InChI=1S/C24H20F3N5O3S2/c25-24(26,27)17-8-9-19(20(13-17)32-37(34,35)18-7-4-10-28-14-18)22(33)29-11-12-30-23-31-21(15-36-23)16-5-2-1-3-6-16/h1-10,13-15,32H,11-12H2,(H,29,33)(H,30,31). The summed E-state index contributed by atoms with van der Waals surface area (Å²) in [6.45, 7) is 0.389. The molecule has 4 aromatic rings. The molecule has 2 aromatic heterocycles. The van der Waals surface area contributed by atoms with Gasteiger partial charge in [0.15, 0.2) is 5.13 Å². The first-order chi connectivity index (χ1) is 17.6. The molecule has 0 radical (unpaired) electrons. The normalized spacial score (nSPS) is 11.6. The monoisotopic (exact) mass is 547 g/mol. The molecule has 0 bridgehead atoms. The van der Waals surface area contributed by atoms with Gasteiger partial charge in [-0.2, -0.15) is 13.2 Å². The number of nitrogens with zero attached hydrogens (tertiary/aromatic N) is 2. The molecule has 0 aliphatic heterocycles. The van der Waals surface area contributed by atoms with Gasteiger partial charge in [-0.25, -0.2) is 13.4 Å². The predicted octanol–water partition coefficient (Wildman–Crippen LogP) is 4.87. The lowest BCUT2D eigenvalue weighted by Gasteiger charge is -2.15. The van der Waals surface area contributed by atoms with Crippen LogP contribution in [0.15, 0.2) is 83.3 Å². The zero-order valence-electron chi connectivity index (χ0n) is 19.0. The fourth-order valence-corrected chi connectivity index (χ4v) is 5.03. The van der Waals surface area contributed by atoms with Crippen molar-refractivity contribution in [2.24, 2.45) is 0 Å². The van der Waals surface area contributed by atoms with E-state index in [0.717, 1.165) is 29.6 Å². The van der Waals surface area contributed by atoms with Crippen LogP contribution < -0.4 is 15.4 Å². The fourth-order valence-electron chi connectivity index (χ4n) is 3.25. The Balaban J connectivity index is 1.44. The van der Waals surface area contributed by atoms with Crippen molar-refractivity contribution < 1.29 is 26.4 Å². The van der Waals surface area contributed by atoms with Crippen LogP contribution in [0, 0.1) is 0 Å². The number of halogens is 3. The third-order valence-corrected chi connectivity index (χ3v) is 7.19. The highest BCUT2D eigenvalue weighted by Gasteiger charge is 2.32. The molecule has 0 fully saturated rings. The van der Waals surface area contributed by atoms with E-state index in [9.17, 15) is 26.4 Å². The second-order valence-corrected chi connectivity index (χ2v) is 10.2. The first-order valence-electron chi connectivity index (χ1n) is 10.8. The summed E-state index contributed by atoms with van der Waals surface area (Å²) in [5, 5.41) is 8.17. The number of rotatable bonds is 9. The van der Waals surface area contributed by atoms with Crippen molar-refractivity contribution in [3.8, 4) is 11.3 Å². The first-order valence-corrected chi connectivity index (χ1v) is 13.2. The molecule has 0 saturated heterocycles. The first kappa shape index (κ1) is 26.1. The van der Waals surface area contributed by atoms with Gasteiger partial charge in [0.25, 0.3) is 15.9 Å².